The number of benzene rings is 5. The molecule has 0 unspecified atom stereocenters. The lowest BCUT2D eigenvalue weighted by atomic mass is 9.32. The predicted molar refractivity (Wildman–Crippen MR) is 202 cm³/mol. The SMILES string of the molecule is Cc1ccc2c(c1)B1c3cccc4c3N(c3ccccc3C43C4CC5CC(C4)CC3C5)c3cccc(c31)N2c1ccc(C(C)(C)C)cc1. The molecule has 5 aromatic carbocycles. The van der Waals surface area contributed by atoms with Gasteiger partial charge in [-0.15, -0.1) is 0 Å². The van der Waals surface area contributed by atoms with Crippen molar-refractivity contribution >= 4 is 57.2 Å². The second-order valence-electron chi connectivity index (χ2n) is 17.1. The van der Waals surface area contributed by atoms with E-state index in [1.54, 1.807) is 11.1 Å². The Morgan fingerprint density at radius 3 is 1.98 bits per heavy atom. The zero-order chi connectivity index (χ0) is 32.1. The zero-order valence-electron chi connectivity index (χ0n) is 28.6. The molecule has 0 atom stereocenters. The van der Waals surface area contributed by atoms with E-state index in [0.717, 1.165) is 23.7 Å². The molecular formula is C45H43BN2. The Morgan fingerprint density at radius 2 is 1.25 bits per heavy atom. The van der Waals surface area contributed by atoms with Crippen molar-refractivity contribution in [1.82, 2.24) is 0 Å². The number of anilines is 6. The minimum Gasteiger partial charge on any atom is -0.311 e. The molecule has 236 valence electrons. The summed E-state index contributed by atoms with van der Waals surface area (Å²) in [5.41, 5.74) is 18.6. The van der Waals surface area contributed by atoms with Crippen LogP contribution in [0.15, 0.2) is 103 Å². The predicted octanol–water partition coefficient (Wildman–Crippen LogP) is 9.43. The molecule has 1 spiro atoms. The normalized spacial score (nSPS) is 26.7. The molecule has 4 fully saturated rings. The molecule has 4 saturated carbocycles. The van der Waals surface area contributed by atoms with Crippen LogP contribution >= 0.6 is 0 Å². The topological polar surface area (TPSA) is 6.48 Å². The molecule has 0 aromatic heterocycles. The molecule has 3 aliphatic heterocycles. The van der Waals surface area contributed by atoms with Crippen molar-refractivity contribution in [3.05, 3.63) is 125 Å². The van der Waals surface area contributed by atoms with Crippen LogP contribution in [0.25, 0.3) is 0 Å². The third-order valence-electron chi connectivity index (χ3n) is 13.6. The minimum absolute atomic E-state index is 0.115. The van der Waals surface area contributed by atoms with Crippen LogP contribution < -0.4 is 26.2 Å². The van der Waals surface area contributed by atoms with E-state index in [1.807, 2.05) is 0 Å². The molecular weight excluding hydrogens is 579 g/mol. The van der Waals surface area contributed by atoms with Gasteiger partial charge in [-0.3, -0.25) is 0 Å². The maximum Gasteiger partial charge on any atom is 0.252 e. The summed E-state index contributed by atoms with van der Waals surface area (Å²) in [7, 11) is 0. The smallest absolute Gasteiger partial charge is 0.252 e. The van der Waals surface area contributed by atoms with E-state index in [2.05, 4.69) is 141 Å². The first-order chi connectivity index (χ1) is 23.3. The van der Waals surface area contributed by atoms with Crippen molar-refractivity contribution in [3.63, 3.8) is 0 Å². The Bertz CT molecular complexity index is 2140. The van der Waals surface area contributed by atoms with Crippen molar-refractivity contribution in [2.45, 2.75) is 70.6 Å². The molecule has 4 aliphatic carbocycles. The summed E-state index contributed by atoms with van der Waals surface area (Å²) < 4.78 is 0. The van der Waals surface area contributed by atoms with E-state index in [1.165, 1.54) is 93.7 Å². The van der Waals surface area contributed by atoms with Crippen molar-refractivity contribution in [2.24, 2.45) is 23.7 Å². The van der Waals surface area contributed by atoms with E-state index in [-0.39, 0.29) is 17.5 Å². The number of aryl methyl sites for hydroxylation is 1. The molecule has 0 amide bonds. The lowest BCUT2D eigenvalue weighted by molar-refractivity contribution is -0.0419. The number of nitrogens with zero attached hydrogens (tertiary/aromatic N) is 2. The van der Waals surface area contributed by atoms with E-state index in [0.29, 0.717) is 0 Å². The van der Waals surface area contributed by atoms with Gasteiger partial charge in [-0.1, -0.05) is 93.1 Å². The van der Waals surface area contributed by atoms with Crippen LogP contribution in [0.4, 0.5) is 34.1 Å². The lowest BCUT2D eigenvalue weighted by Crippen LogP contribution is -2.64. The van der Waals surface area contributed by atoms with Gasteiger partial charge in [-0.2, -0.15) is 0 Å². The fraction of sp³-hybridized carbons (Fsp3) is 0.333. The number of fused-ring (bicyclic) bond motifs is 6. The van der Waals surface area contributed by atoms with E-state index in [4.69, 9.17) is 0 Å². The first kappa shape index (κ1) is 27.7. The van der Waals surface area contributed by atoms with Gasteiger partial charge in [0, 0.05) is 33.9 Å². The zero-order valence-corrected chi connectivity index (χ0v) is 28.6. The molecule has 3 heteroatoms. The molecule has 12 rings (SSSR count). The second-order valence-corrected chi connectivity index (χ2v) is 17.1. The number of hydrogen-bond acceptors (Lipinski definition) is 2. The Morgan fingerprint density at radius 1 is 0.604 bits per heavy atom. The highest BCUT2D eigenvalue weighted by Crippen LogP contribution is 2.69. The summed E-state index contributed by atoms with van der Waals surface area (Å²) >= 11 is 0. The van der Waals surface area contributed by atoms with Gasteiger partial charge in [-0.25, -0.2) is 0 Å². The molecule has 4 bridgehead atoms. The summed E-state index contributed by atoms with van der Waals surface area (Å²) in [5.74, 6) is 3.35. The van der Waals surface area contributed by atoms with Crippen LogP contribution in [0.5, 0.6) is 0 Å². The Kier molecular flexibility index (Phi) is 5.34. The Labute approximate surface area is 285 Å². The third kappa shape index (κ3) is 3.36. The summed E-state index contributed by atoms with van der Waals surface area (Å²) in [6, 6.07) is 40.7. The van der Waals surface area contributed by atoms with Crippen LogP contribution in [0, 0.1) is 30.6 Å². The average molecular weight is 623 g/mol. The van der Waals surface area contributed by atoms with Gasteiger partial charge in [-0.05, 0) is 138 Å². The molecule has 0 N–H and O–H groups in total. The molecule has 3 heterocycles. The fourth-order valence-corrected chi connectivity index (χ4v) is 12.1. The van der Waals surface area contributed by atoms with Gasteiger partial charge in [0.1, 0.15) is 0 Å². The quantitative estimate of drug-likeness (QED) is 0.168. The van der Waals surface area contributed by atoms with Crippen LogP contribution in [0.2, 0.25) is 0 Å². The lowest BCUT2D eigenvalue weighted by Gasteiger charge is -2.64. The fourth-order valence-electron chi connectivity index (χ4n) is 12.1. The first-order valence-corrected chi connectivity index (χ1v) is 18.5. The van der Waals surface area contributed by atoms with Gasteiger partial charge >= 0.3 is 0 Å². The van der Waals surface area contributed by atoms with Crippen molar-refractivity contribution in [1.29, 1.82) is 0 Å². The first-order valence-electron chi connectivity index (χ1n) is 18.5. The van der Waals surface area contributed by atoms with E-state index in [9.17, 15) is 0 Å². The molecule has 48 heavy (non-hydrogen) atoms. The van der Waals surface area contributed by atoms with Gasteiger partial charge in [0.05, 0.1) is 5.69 Å². The number of para-hydroxylation sites is 2. The largest absolute Gasteiger partial charge is 0.311 e. The summed E-state index contributed by atoms with van der Waals surface area (Å²) in [4.78, 5) is 5.24. The Balaban J connectivity index is 1.20. The van der Waals surface area contributed by atoms with Gasteiger partial charge in [0.15, 0.2) is 0 Å². The molecule has 2 nitrogen and oxygen atoms in total. The molecule has 7 aliphatic rings. The van der Waals surface area contributed by atoms with Crippen molar-refractivity contribution < 1.29 is 0 Å². The van der Waals surface area contributed by atoms with Crippen LogP contribution in [0.1, 0.15) is 75.1 Å². The highest BCUT2D eigenvalue weighted by molar-refractivity contribution is 7.00. The summed E-state index contributed by atoms with van der Waals surface area (Å²) in [6.07, 6.45) is 7.09. The highest BCUT2D eigenvalue weighted by atomic mass is 15.2. The van der Waals surface area contributed by atoms with E-state index < -0.39 is 0 Å². The van der Waals surface area contributed by atoms with Gasteiger partial charge in [0.25, 0.3) is 6.71 Å². The standard InChI is InChI=1S/C45H43BN2/c1-27-15-20-39-37(21-27)46-36-11-7-10-35-43(36)48(38-12-6-5-9-34(38)45(35)31-23-28-22-29(25-31)26-32(45)24-28)41-14-8-13-40(42(41)46)47(39)33-18-16-30(17-19-33)44(2,3)4/h5-21,28-29,31-32H,22-26H2,1-4H3. The summed E-state index contributed by atoms with van der Waals surface area (Å²) in [5, 5.41) is 0. The van der Waals surface area contributed by atoms with Crippen molar-refractivity contribution in [2.75, 3.05) is 9.80 Å². The van der Waals surface area contributed by atoms with Crippen LogP contribution in [-0.2, 0) is 10.8 Å². The van der Waals surface area contributed by atoms with E-state index >= 15 is 0 Å². The third-order valence-corrected chi connectivity index (χ3v) is 13.6. The minimum atomic E-state index is 0.115. The number of hydrogen-bond donors (Lipinski definition) is 0. The van der Waals surface area contributed by atoms with Gasteiger partial charge < -0.3 is 9.80 Å². The van der Waals surface area contributed by atoms with Crippen LogP contribution in [0.3, 0.4) is 0 Å². The maximum absolute atomic E-state index is 2.70. The Hall–Kier alpha value is -4.24. The monoisotopic (exact) mass is 622 g/mol. The number of rotatable bonds is 1. The highest BCUT2D eigenvalue weighted by Gasteiger charge is 2.62. The molecule has 0 radical (unpaired) electrons. The summed E-state index contributed by atoms with van der Waals surface area (Å²) in [6.45, 7) is 9.36. The van der Waals surface area contributed by atoms with Gasteiger partial charge in [0.2, 0.25) is 0 Å². The second kappa shape index (κ2) is 9.26. The van der Waals surface area contributed by atoms with Crippen molar-refractivity contribution in [3.8, 4) is 0 Å². The maximum atomic E-state index is 2.70. The molecule has 0 saturated heterocycles. The average Bonchev–Trinajstić information content (AvgIpc) is 3.08. The molecule has 5 aromatic rings. The van der Waals surface area contributed by atoms with Crippen LogP contribution in [-0.4, -0.2) is 6.71 Å².